The Hall–Kier alpha value is -1.52. The van der Waals surface area contributed by atoms with Crippen LogP contribution in [0.1, 0.15) is 5.69 Å². The van der Waals surface area contributed by atoms with Crippen LogP contribution in [0, 0.1) is 6.92 Å². The Morgan fingerprint density at radius 1 is 1.82 bits per heavy atom. The monoisotopic (exact) mass is 155 g/mol. The van der Waals surface area contributed by atoms with E-state index in [1.165, 1.54) is 0 Å². The number of hydrogen-bond donors (Lipinski definition) is 2. The molecular formula is C6H9N3O2. The highest BCUT2D eigenvalue weighted by atomic mass is 16.4. The maximum atomic E-state index is 10.1. The summed E-state index contributed by atoms with van der Waals surface area (Å²) >= 11 is 0. The summed E-state index contributed by atoms with van der Waals surface area (Å²) in [6, 6.07) is 1.66. The van der Waals surface area contributed by atoms with Gasteiger partial charge in [0.1, 0.15) is 0 Å². The van der Waals surface area contributed by atoms with Gasteiger partial charge in [0.2, 0.25) is 0 Å². The first kappa shape index (κ1) is 7.59. The molecule has 0 saturated heterocycles. The van der Waals surface area contributed by atoms with Crippen molar-refractivity contribution in [3.63, 3.8) is 0 Å². The fourth-order valence-corrected chi connectivity index (χ4v) is 0.731. The molecule has 0 aromatic carbocycles. The number of anilines is 1. The molecule has 1 amide bonds. The van der Waals surface area contributed by atoms with Gasteiger partial charge in [0.15, 0.2) is 5.82 Å². The summed E-state index contributed by atoms with van der Waals surface area (Å²) in [5.41, 5.74) is 0.911. The summed E-state index contributed by atoms with van der Waals surface area (Å²) < 4.78 is 1.60. The Morgan fingerprint density at radius 3 is 2.82 bits per heavy atom. The van der Waals surface area contributed by atoms with E-state index in [9.17, 15) is 4.79 Å². The van der Waals surface area contributed by atoms with Gasteiger partial charge in [-0.15, -0.1) is 0 Å². The van der Waals surface area contributed by atoms with Crippen molar-refractivity contribution in [2.45, 2.75) is 6.92 Å². The number of nitrogens with one attached hydrogen (secondary N) is 1. The highest BCUT2D eigenvalue weighted by Gasteiger charge is 2.02. The quantitative estimate of drug-likeness (QED) is 0.630. The predicted molar refractivity (Wildman–Crippen MR) is 39.6 cm³/mol. The van der Waals surface area contributed by atoms with Crippen LogP contribution in [0.2, 0.25) is 0 Å². The average Bonchev–Trinajstić information content (AvgIpc) is 2.10. The van der Waals surface area contributed by atoms with Crippen molar-refractivity contribution < 1.29 is 9.90 Å². The fourth-order valence-electron chi connectivity index (χ4n) is 0.731. The zero-order chi connectivity index (χ0) is 8.43. The highest BCUT2D eigenvalue weighted by molar-refractivity contribution is 5.81. The number of rotatable bonds is 1. The van der Waals surface area contributed by atoms with Gasteiger partial charge < -0.3 is 5.11 Å². The molecular weight excluding hydrogens is 146 g/mol. The van der Waals surface area contributed by atoms with Crippen LogP contribution < -0.4 is 5.32 Å². The second-order valence-corrected chi connectivity index (χ2v) is 2.22. The summed E-state index contributed by atoms with van der Waals surface area (Å²) in [7, 11) is 1.75. The zero-order valence-corrected chi connectivity index (χ0v) is 6.33. The second kappa shape index (κ2) is 2.61. The molecule has 0 atom stereocenters. The van der Waals surface area contributed by atoms with Crippen LogP contribution in [0.4, 0.5) is 10.6 Å². The van der Waals surface area contributed by atoms with Crippen LogP contribution in [0.15, 0.2) is 6.07 Å². The van der Waals surface area contributed by atoms with E-state index in [1.807, 2.05) is 6.92 Å². The molecule has 1 aromatic heterocycles. The summed E-state index contributed by atoms with van der Waals surface area (Å²) in [6.07, 6.45) is -1.09. The molecule has 11 heavy (non-hydrogen) atoms. The summed E-state index contributed by atoms with van der Waals surface area (Å²) in [4.78, 5) is 10.1. The van der Waals surface area contributed by atoms with E-state index < -0.39 is 6.09 Å². The minimum atomic E-state index is -1.09. The Morgan fingerprint density at radius 2 is 2.45 bits per heavy atom. The van der Waals surface area contributed by atoms with E-state index in [0.29, 0.717) is 5.82 Å². The minimum Gasteiger partial charge on any atom is -0.465 e. The lowest BCUT2D eigenvalue weighted by molar-refractivity contribution is 0.209. The van der Waals surface area contributed by atoms with Crippen LogP contribution in [0.3, 0.4) is 0 Å². The van der Waals surface area contributed by atoms with E-state index in [2.05, 4.69) is 10.4 Å². The third-order valence-electron chi connectivity index (χ3n) is 1.35. The molecule has 2 N–H and O–H groups in total. The van der Waals surface area contributed by atoms with E-state index in [-0.39, 0.29) is 0 Å². The third-order valence-corrected chi connectivity index (χ3v) is 1.35. The Labute approximate surface area is 63.6 Å². The van der Waals surface area contributed by atoms with E-state index >= 15 is 0 Å². The molecule has 0 fully saturated rings. The standard InChI is InChI=1S/C6H9N3O2/c1-4-3-5(7-6(10)11)8-9(4)2/h3H,1-2H3,(H,7,8)(H,10,11). The highest BCUT2D eigenvalue weighted by Crippen LogP contribution is 2.05. The maximum absolute atomic E-state index is 10.1. The molecule has 1 aromatic rings. The molecule has 1 rings (SSSR count). The first-order valence-electron chi connectivity index (χ1n) is 3.10. The largest absolute Gasteiger partial charge is 0.465 e. The van der Waals surface area contributed by atoms with Gasteiger partial charge >= 0.3 is 6.09 Å². The van der Waals surface area contributed by atoms with Crippen molar-refractivity contribution in [2.75, 3.05) is 5.32 Å². The van der Waals surface area contributed by atoms with E-state index in [0.717, 1.165) is 5.69 Å². The van der Waals surface area contributed by atoms with Crippen molar-refractivity contribution in [1.29, 1.82) is 0 Å². The number of nitrogens with zero attached hydrogens (tertiary/aromatic N) is 2. The second-order valence-electron chi connectivity index (χ2n) is 2.22. The summed E-state index contributed by atoms with van der Waals surface area (Å²) in [5.74, 6) is 0.359. The van der Waals surface area contributed by atoms with Gasteiger partial charge in [-0.25, -0.2) is 4.79 Å². The molecule has 0 aliphatic heterocycles. The van der Waals surface area contributed by atoms with Crippen molar-refractivity contribution >= 4 is 11.9 Å². The van der Waals surface area contributed by atoms with Crippen LogP contribution in [0.25, 0.3) is 0 Å². The maximum Gasteiger partial charge on any atom is 0.410 e. The predicted octanol–water partition coefficient (Wildman–Crippen LogP) is 0.818. The third kappa shape index (κ3) is 1.70. The lowest BCUT2D eigenvalue weighted by Gasteiger charge is -1.91. The van der Waals surface area contributed by atoms with Gasteiger partial charge in [-0.3, -0.25) is 10.00 Å². The van der Waals surface area contributed by atoms with Crippen molar-refractivity contribution in [3.8, 4) is 0 Å². The Bertz CT molecular complexity index is 260. The zero-order valence-electron chi connectivity index (χ0n) is 6.33. The van der Waals surface area contributed by atoms with Gasteiger partial charge in [-0.2, -0.15) is 5.10 Å². The van der Waals surface area contributed by atoms with Crippen LogP contribution in [-0.2, 0) is 7.05 Å². The molecule has 0 aliphatic rings. The smallest absolute Gasteiger partial charge is 0.410 e. The van der Waals surface area contributed by atoms with Gasteiger partial charge in [-0.1, -0.05) is 0 Å². The number of amides is 1. The van der Waals surface area contributed by atoms with Gasteiger partial charge in [-0.05, 0) is 6.92 Å². The lowest BCUT2D eigenvalue weighted by atomic mass is 10.5. The molecule has 0 radical (unpaired) electrons. The first-order chi connectivity index (χ1) is 5.09. The SMILES string of the molecule is Cc1cc(NC(=O)O)nn1C. The van der Waals surface area contributed by atoms with Crippen LogP contribution >= 0.6 is 0 Å². The first-order valence-corrected chi connectivity index (χ1v) is 3.10. The number of aromatic nitrogens is 2. The van der Waals surface area contributed by atoms with Crippen LogP contribution in [-0.4, -0.2) is 21.0 Å². The normalized spacial score (nSPS) is 9.64. The Balaban J connectivity index is 2.81. The average molecular weight is 155 g/mol. The molecule has 0 saturated carbocycles. The molecule has 1 heterocycles. The van der Waals surface area contributed by atoms with Gasteiger partial charge in [0, 0.05) is 18.8 Å². The van der Waals surface area contributed by atoms with E-state index in [1.54, 1.807) is 17.8 Å². The number of carbonyl (C=O) groups is 1. The van der Waals surface area contributed by atoms with E-state index in [4.69, 9.17) is 5.11 Å². The molecule has 0 spiro atoms. The number of aryl methyl sites for hydroxylation is 2. The number of carboxylic acid groups (broad SMARTS) is 1. The minimum absolute atomic E-state index is 0.359. The number of hydrogen-bond acceptors (Lipinski definition) is 2. The molecule has 5 heteroatoms. The molecule has 60 valence electrons. The Kier molecular flexibility index (Phi) is 1.80. The van der Waals surface area contributed by atoms with Crippen molar-refractivity contribution in [3.05, 3.63) is 11.8 Å². The summed E-state index contributed by atoms with van der Waals surface area (Å²) in [5, 5.41) is 14.3. The van der Waals surface area contributed by atoms with Gasteiger partial charge in [0.05, 0.1) is 0 Å². The molecule has 5 nitrogen and oxygen atoms in total. The summed E-state index contributed by atoms with van der Waals surface area (Å²) in [6.45, 7) is 1.85. The molecule has 0 bridgehead atoms. The molecule has 0 unspecified atom stereocenters. The fraction of sp³-hybridized carbons (Fsp3) is 0.333. The molecule has 0 aliphatic carbocycles. The lowest BCUT2D eigenvalue weighted by Crippen LogP contribution is -2.07. The van der Waals surface area contributed by atoms with Crippen LogP contribution in [0.5, 0.6) is 0 Å². The van der Waals surface area contributed by atoms with Crippen molar-refractivity contribution in [1.82, 2.24) is 9.78 Å². The van der Waals surface area contributed by atoms with Gasteiger partial charge in [0.25, 0.3) is 0 Å². The van der Waals surface area contributed by atoms with Crippen molar-refractivity contribution in [2.24, 2.45) is 7.05 Å². The topological polar surface area (TPSA) is 67.2 Å².